The average molecular weight is 451 g/mol. The van der Waals surface area contributed by atoms with E-state index in [1.165, 1.54) is 18.2 Å². The zero-order chi connectivity index (χ0) is 22.0. The summed E-state index contributed by atoms with van der Waals surface area (Å²) >= 11 is 1.16. The molecule has 0 aliphatic carbocycles. The number of aryl methyl sites for hydroxylation is 1. The molecule has 1 saturated heterocycles. The molecular weight excluding hydrogens is 431 g/mol. The van der Waals surface area contributed by atoms with Crippen molar-refractivity contribution in [2.24, 2.45) is 5.92 Å². The highest BCUT2D eigenvalue weighted by molar-refractivity contribution is 7.22. The van der Waals surface area contributed by atoms with Crippen LogP contribution < -0.4 is 9.64 Å². The fourth-order valence-corrected chi connectivity index (χ4v) is 4.44. The van der Waals surface area contributed by atoms with Gasteiger partial charge >= 0.3 is 6.36 Å². The van der Waals surface area contributed by atoms with Gasteiger partial charge in [0.2, 0.25) is 5.91 Å². The van der Waals surface area contributed by atoms with E-state index >= 15 is 0 Å². The van der Waals surface area contributed by atoms with Crippen molar-refractivity contribution in [3.05, 3.63) is 47.8 Å². The van der Waals surface area contributed by atoms with Crippen LogP contribution in [-0.4, -0.2) is 35.5 Å². The van der Waals surface area contributed by atoms with Crippen LogP contribution in [0, 0.1) is 12.8 Å². The normalized spacial score (nSPS) is 15.2. The molecule has 0 spiro atoms. The number of amides is 1. The van der Waals surface area contributed by atoms with E-state index in [1.54, 1.807) is 17.3 Å². The molecule has 3 aromatic rings. The molecule has 0 unspecified atom stereocenters. The molecule has 4 rings (SSSR count). The lowest BCUT2D eigenvalue weighted by molar-refractivity contribution is -0.274. The summed E-state index contributed by atoms with van der Waals surface area (Å²) in [6.07, 6.45) is -0.138. The first-order valence-corrected chi connectivity index (χ1v) is 10.6. The minimum Gasteiger partial charge on any atom is -0.406 e. The number of rotatable bonds is 5. The van der Waals surface area contributed by atoms with Gasteiger partial charge < -0.3 is 9.47 Å². The lowest BCUT2D eigenvalue weighted by atomic mass is 9.98. The van der Waals surface area contributed by atoms with Crippen LogP contribution in [0.15, 0.2) is 36.7 Å². The predicted molar refractivity (Wildman–Crippen MR) is 110 cm³/mol. The van der Waals surface area contributed by atoms with Gasteiger partial charge in [0.05, 0.1) is 16.8 Å². The molecule has 1 amide bonds. The highest BCUT2D eigenvalue weighted by Crippen LogP contribution is 2.35. The Hall–Kier alpha value is -2.72. The smallest absolute Gasteiger partial charge is 0.406 e. The molecule has 31 heavy (non-hydrogen) atoms. The molecule has 3 heterocycles. The Kier molecular flexibility index (Phi) is 6.10. The van der Waals surface area contributed by atoms with Gasteiger partial charge in [-0.15, -0.1) is 13.2 Å². The van der Waals surface area contributed by atoms with Crippen molar-refractivity contribution in [3.63, 3.8) is 0 Å². The van der Waals surface area contributed by atoms with Crippen LogP contribution in [0.25, 0.3) is 10.2 Å². The highest BCUT2D eigenvalue weighted by atomic mass is 32.1. The Morgan fingerprint density at radius 2 is 2.06 bits per heavy atom. The van der Waals surface area contributed by atoms with Crippen molar-refractivity contribution in [1.29, 1.82) is 0 Å². The van der Waals surface area contributed by atoms with Gasteiger partial charge in [0.1, 0.15) is 5.75 Å². The van der Waals surface area contributed by atoms with E-state index in [0.29, 0.717) is 41.4 Å². The summed E-state index contributed by atoms with van der Waals surface area (Å²) in [5.74, 6) is -0.583. The number of thiazole rings is 1. The van der Waals surface area contributed by atoms with Crippen LogP contribution in [0.5, 0.6) is 5.75 Å². The van der Waals surface area contributed by atoms with Crippen LogP contribution >= 0.6 is 11.3 Å². The molecule has 1 aromatic carbocycles. The van der Waals surface area contributed by atoms with Crippen molar-refractivity contribution < 1.29 is 27.4 Å². The quantitative estimate of drug-likeness (QED) is 0.555. The summed E-state index contributed by atoms with van der Waals surface area (Å²) in [4.78, 5) is 23.7. The molecule has 0 bridgehead atoms. The van der Waals surface area contributed by atoms with Crippen LogP contribution in [-0.2, 0) is 16.1 Å². The van der Waals surface area contributed by atoms with Gasteiger partial charge in [0.15, 0.2) is 5.13 Å². The molecule has 1 fully saturated rings. The van der Waals surface area contributed by atoms with Crippen LogP contribution in [0.2, 0.25) is 0 Å². The predicted octanol–water partition coefficient (Wildman–Crippen LogP) is 4.86. The van der Waals surface area contributed by atoms with Gasteiger partial charge in [-0.2, -0.15) is 0 Å². The Labute approximate surface area is 180 Å². The van der Waals surface area contributed by atoms with Crippen LogP contribution in [0.4, 0.5) is 18.3 Å². The second-order valence-corrected chi connectivity index (χ2v) is 8.30. The Bertz CT molecular complexity index is 1080. The van der Waals surface area contributed by atoms with Crippen LogP contribution in [0.1, 0.15) is 24.0 Å². The number of pyridine rings is 1. The van der Waals surface area contributed by atoms with E-state index in [-0.39, 0.29) is 24.1 Å². The van der Waals surface area contributed by atoms with Crippen molar-refractivity contribution in [2.45, 2.75) is 32.7 Å². The number of carbonyl (C=O) groups is 1. The van der Waals surface area contributed by atoms with Crippen molar-refractivity contribution in [3.8, 4) is 5.75 Å². The molecule has 1 aliphatic heterocycles. The fraction of sp³-hybridized carbons (Fsp3) is 0.381. The van der Waals surface area contributed by atoms with Gasteiger partial charge in [-0.25, -0.2) is 4.98 Å². The number of anilines is 1. The van der Waals surface area contributed by atoms with Gasteiger partial charge in [-0.3, -0.25) is 14.7 Å². The molecule has 0 radical (unpaired) electrons. The first-order chi connectivity index (χ1) is 14.8. The average Bonchev–Trinajstić information content (AvgIpc) is 3.15. The lowest BCUT2D eigenvalue weighted by Crippen LogP contribution is -2.38. The fourth-order valence-electron chi connectivity index (χ4n) is 3.44. The number of hydrogen-bond donors (Lipinski definition) is 0. The van der Waals surface area contributed by atoms with E-state index in [2.05, 4.69) is 14.7 Å². The van der Waals surface area contributed by atoms with Gasteiger partial charge in [0.25, 0.3) is 0 Å². The van der Waals surface area contributed by atoms with Crippen molar-refractivity contribution in [1.82, 2.24) is 9.97 Å². The number of ether oxygens (including phenoxy) is 2. The number of benzene rings is 1. The van der Waals surface area contributed by atoms with E-state index in [4.69, 9.17) is 4.74 Å². The minimum atomic E-state index is -4.77. The molecular formula is C21H20F3N3O3S. The molecule has 10 heteroatoms. The molecule has 0 saturated carbocycles. The summed E-state index contributed by atoms with van der Waals surface area (Å²) < 4.78 is 47.6. The maximum absolute atomic E-state index is 13.4. The third kappa shape index (κ3) is 5.13. The van der Waals surface area contributed by atoms with Gasteiger partial charge in [0, 0.05) is 37.6 Å². The van der Waals surface area contributed by atoms with E-state index < -0.39 is 6.36 Å². The molecule has 2 aromatic heterocycles. The maximum Gasteiger partial charge on any atom is 0.573 e. The van der Waals surface area contributed by atoms with E-state index in [9.17, 15) is 18.0 Å². The van der Waals surface area contributed by atoms with Crippen molar-refractivity contribution in [2.75, 3.05) is 18.1 Å². The Morgan fingerprint density at radius 3 is 2.77 bits per heavy atom. The Morgan fingerprint density at radius 1 is 1.29 bits per heavy atom. The number of hydrogen-bond acceptors (Lipinski definition) is 6. The summed E-state index contributed by atoms with van der Waals surface area (Å²) in [5.41, 5.74) is 2.37. The SMILES string of the molecule is Cc1ccncc1CN(C(=O)C1CCOCC1)c1nc2ccc(OC(F)(F)F)cc2s1. The first kappa shape index (κ1) is 21.5. The third-order valence-corrected chi connectivity index (χ3v) is 6.17. The van der Waals surface area contributed by atoms with Crippen LogP contribution in [0.3, 0.4) is 0 Å². The third-order valence-electron chi connectivity index (χ3n) is 5.13. The lowest BCUT2D eigenvalue weighted by Gasteiger charge is -2.28. The van der Waals surface area contributed by atoms with E-state index in [1.807, 2.05) is 13.0 Å². The van der Waals surface area contributed by atoms with Crippen molar-refractivity contribution >= 4 is 32.6 Å². The molecule has 1 aliphatic rings. The number of carbonyl (C=O) groups excluding carboxylic acids is 1. The second-order valence-electron chi connectivity index (χ2n) is 7.29. The summed E-state index contributed by atoms with van der Waals surface area (Å²) in [7, 11) is 0. The standard InChI is InChI=1S/C21H20F3N3O3S/c1-13-4-7-25-11-15(13)12-27(19(28)14-5-8-29-9-6-14)20-26-17-3-2-16(10-18(17)31-20)30-21(22,23)24/h2-4,7,10-11,14H,5-6,8-9,12H2,1H3. The monoisotopic (exact) mass is 451 g/mol. The molecule has 6 nitrogen and oxygen atoms in total. The maximum atomic E-state index is 13.4. The first-order valence-electron chi connectivity index (χ1n) is 9.75. The van der Waals surface area contributed by atoms with Gasteiger partial charge in [-0.1, -0.05) is 11.3 Å². The zero-order valence-electron chi connectivity index (χ0n) is 16.7. The number of nitrogens with zero attached hydrogens (tertiary/aromatic N) is 3. The minimum absolute atomic E-state index is 0.0719. The highest BCUT2D eigenvalue weighted by Gasteiger charge is 2.32. The molecule has 0 atom stereocenters. The number of aromatic nitrogens is 2. The second kappa shape index (κ2) is 8.80. The molecule has 0 N–H and O–H groups in total. The largest absolute Gasteiger partial charge is 0.573 e. The Balaban J connectivity index is 1.68. The number of halogens is 3. The topological polar surface area (TPSA) is 64.6 Å². The molecule has 164 valence electrons. The summed E-state index contributed by atoms with van der Waals surface area (Å²) in [5, 5.41) is 0.430. The van der Waals surface area contributed by atoms with Gasteiger partial charge in [-0.05, 0) is 49.1 Å². The zero-order valence-corrected chi connectivity index (χ0v) is 17.5. The summed E-state index contributed by atoms with van der Waals surface area (Å²) in [6, 6.07) is 5.83. The van der Waals surface area contributed by atoms with E-state index in [0.717, 1.165) is 22.5 Å². The number of fused-ring (bicyclic) bond motifs is 1. The number of alkyl halides is 3. The summed E-state index contributed by atoms with van der Waals surface area (Å²) in [6.45, 7) is 3.26.